The topological polar surface area (TPSA) is 189 Å². The summed E-state index contributed by atoms with van der Waals surface area (Å²) >= 11 is 0. The fourth-order valence-corrected chi connectivity index (χ4v) is 12.3. The Hall–Kier alpha value is -6.18. The quantitative estimate of drug-likeness (QED) is 0.141. The number of aliphatic hydroxyl groups is 3. The Morgan fingerprint density at radius 2 is 1.90 bits per heavy atom. The minimum absolute atomic E-state index is 0.0311. The molecular weight excluding hydrogens is 891 g/mol. The van der Waals surface area contributed by atoms with Gasteiger partial charge in [0.25, 0.3) is 5.91 Å². The van der Waals surface area contributed by atoms with Crippen LogP contribution in [0.5, 0.6) is 17.2 Å². The second-order valence-electron chi connectivity index (χ2n) is 20.0. The molecule has 0 radical (unpaired) electrons. The van der Waals surface area contributed by atoms with Crippen molar-refractivity contribution in [3.05, 3.63) is 116 Å². The van der Waals surface area contributed by atoms with Gasteiger partial charge in [-0.25, -0.2) is 0 Å². The highest BCUT2D eigenvalue weighted by atomic mass is 16.7. The number of amides is 1. The summed E-state index contributed by atoms with van der Waals surface area (Å²) in [6.45, 7) is -0.695. The third-order valence-corrected chi connectivity index (χ3v) is 16.0. The molecular formula is C56H56N3O11+. The molecule has 8 bridgehead atoms. The fourth-order valence-electron chi connectivity index (χ4n) is 12.3. The lowest BCUT2D eigenvalue weighted by Gasteiger charge is -2.47. The molecule has 3 fully saturated rings. The molecule has 14 nitrogen and oxygen atoms in total. The van der Waals surface area contributed by atoms with Gasteiger partial charge in [0.1, 0.15) is 47.2 Å². The van der Waals surface area contributed by atoms with Gasteiger partial charge in [0, 0.05) is 60.6 Å². The van der Waals surface area contributed by atoms with E-state index in [1.54, 1.807) is 24.4 Å². The maximum atomic E-state index is 15.2. The molecule has 8 atom stereocenters. The molecule has 4 aliphatic carbocycles. The minimum atomic E-state index is -2.46. The number of nitrogens with one attached hydrogen (secondary N) is 1. The number of Topliss-reactive ketones (excluding diaryl/α,β-unsaturated/α-hetero) is 1. The first-order chi connectivity index (χ1) is 34.1. The molecule has 1 amide bonds. The monoisotopic (exact) mass is 946 g/mol. The van der Waals surface area contributed by atoms with Crippen LogP contribution in [0.1, 0.15) is 106 Å². The van der Waals surface area contributed by atoms with Gasteiger partial charge in [-0.2, -0.15) is 4.99 Å². The molecule has 3 aromatic carbocycles. The van der Waals surface area contributed by atoms with Crippen molar-refractivity contribution in [2.24, 2.45) is 10.9 Å². The number of methoxy groups -OCH3 is 1. The molecule has 70 heavy (non-hydrogen) atoms. The Bertz CT molecular complexity index is 2970. The standard InChI is InChI=1S/C56H55N3O11/c1-66-45-23-39-35-17-16-32-9-5-13-34(32)47(35)49-43(61)27-59-26-41-31(8-6-14-36(41)54(59)64)10-7-21-67-53-50(62)46-28-68-44(20-18-37(45)52(48(39)51(49)63)70-55(69-46)56(53,65)29-60)40-25-58-42-19-15-30(22-38(40)42)24-57-33-11-3-2-4-12-33/h6,8,14-20,22-23,25,32-34,44,46,50,53,55,57,60,62,65H,2-5,9-13,24,26-29H2,1H3/p+1. The molecule has 2 saturated carbocycles. The second kappa shape index (κ2) is 17.9. The maximum Gasteiger partial charge on any atom is 0.254 e. The van der Waals surface area contributed by atoms with Crippen molar-refractivity contribution in [1.29, 1.82) is 0 Å². The summed E-state index contributed by atoms with van der Waals surface area (Å²) in [4.78, 5) is 35.5. The van der Waals surface area contributed by atoms with E-state index in [0.29, 0.717) is 46.0 Å². The van der Waals surface area contributed by atoms with Crippen molar-refractivity contribution in [2.75, 3.05) is 33.4 Å². The number of aliphatic hydroxyl groups excluding tert-OH is 2. The number of aromatic hydroxyl groups is 1. The highest BCUT2D eigenvalue weighted by Gasteiger charge is 2.59. The number of nitrogens with zero attached hydrogens (tertiary/aromatic N) is 2. The summed E-state index contributed by atoms with van der Waals surface area (Å²) < 4.78 is 32.4. The van der Waals surface area contributed by atoms with Crippen LogP contribution in [0.4, 0.5) is 0 Å². The molecule has 0 aromatic heterocycles. The van der Waals surface area contributed by atoms with Crippen LogP contribution in [-0.4, -0.2) is 119 Å². The first kappa shape index (κ1) is 45.0. The highest BCUT2D eigenvalue weighted by molar-refractivity contribution is 6.14. The third kappa shape index (κ3) is 7.40. The number of allylic oxidation sites excluding steroid dienone is 4. The van der Waals surface area contributed by atoms with Crippen LogP contribution in [0.2, 0.25) is 0 Å². The number of phenolic OH excluding ortho intramolecular Hbond substituents is 1. The summed E-state index contributed by atoms with van der Waals surface area (Å²) in [6, 6.07) is 7.64. The number of hydrogen-bond acceptors (Lipinski definition) is 13. The Morgan fingerprint density at radius 1 is 1.04 bits per heavy atom. The first-order valence-corrected chi connectivity index (χ1v) is 24.7. The van der Waals surface area contributed by atoms with E-state index in [0.717, 1.165) is 65.6 Å². The van der Waals surface area contributed by atoms with Gasteiger partial charge in [0.2, 0.25) is 6.29 Å². The number of carbonyl (C=O) groups excluding carboxylic acids is 2. The summed E-state index contributed by atoms with van der Waals surface area (Å²) in [6.07, 6.45) is 20.2. The van der Waals surface area contributed by atoms with Crippen molar-refractivity contribution in [1.82, 2.24) is 10.2 Å². The molecule has 9 aliphatic rings. The molecule has 360 valence electrons. The first-order valence-electron chi connectivity index (χ1n) is 24.7. The van der Waals surface area contributed by atoms with Gasteiger partial charge in [-0.15, -0.1) is 0 Å². The highest BCUT2D eigenvalue weighted by Crippen LogP contribution is 2.55. The fraction of sp³-hybridized carbons (Fsp3) is 0.429. The Balaban J connectivity index is 1.05. The zero-order valence-electron chi connectivity index (χ0n) is 39.0. The minimum Gasteiger partial charge on any atom is -0.506 e. The molecule has 5 heterocycles. The number of ether oxygens (including phenoxy) is 5. The predicted molar refractivity (Wildman–Crippen MR) is 260 cm³/mol. The average molecular weight is 947 g/mol. The van der Waals surface area contributed by atoms with Crippen molar-refractivity contribution in [3.8, 4) is 29.3 Å². The molecule has 1 saturated heterocycles. The lowest BCUT2D eigenvalue weighted by molar-refractivity contribution is -0.327. The van der Waals surface area contributed by atoms with E-state index in [4.69, 9.17) is 28.7 Å². The normalized spacial score (nSPS) is 29.9. The van der Waals surface area contributed by atoms with E-state index in [1.165, 1.54) is 31.3 Å². The zero-order chi connectivity index (χ0) is 47.8. The smallest absolute Gasteiger partial charge is 0.254 e. The van der Waals surface area contributed by atoms with E-state index in [1.807, 2.05) is 30.4 Å². The van der Waals surface area contributed by atoms with Crippen molar-refractivity contribution in [3.63, 3.8) is 0 Å². The van der Waals surface area contributed by atoms with Gasteiger partial charge in [-0.1, -0.05) is 55.9 Å². The van der Waals surface area contributed by atoms with Crippen LogP contribution in [0.25, 0.3) is 22.9 Å². The van der Waals surface area contributed by atoms with Gasteiger partial charge in [0.05, 0.1) is 55.2 Å². The number of fused-ring (bicyclic) bond motifs is 10. The van der Waals surface area contributed by atoms with Crippen molar-refractivity contribution >= 4 is 40.8 Å². The van der Waals surface area contributed by atoms with E-state index in [2.05, 4.69) is 35.9 Å². The number of phenols is 1. The number of aliphatic imine (C=N–C) groups is 1. The number of hydrogen-bond donors (Lipinski definition) is 5. The Kier molecular flexibility index (Phi) is 11.5. The van der Waals surface area contributed by atoms with Crippen LogP contribution in [-0.2, 0) is 27.2 Å². The summed E-state index contributed by atoms with van der Waals surface area (Å²) in [7, 11) is 1.52. The number of ketones is 1. The maximum absolute atomic E-state index is 15.2. The molecule has 14 heteroatoms. The van der Waals surface area contributed by atoms with Crippen LogP contribution in [0, 0.1) is 24.4 Å². The van der Waals surface area contributed by atoms with Gasteiger partial charge in [-0.05, 0) is 84.1 Å². The predicted octanol–water partition coefficient (Wildman–Crippen LogP) is 6.14. The number of carbonyl (C=O) groups is 2. The lowest BCUT2D eigenvalue weighted by Crippen LogP contribution is -2.70. The molecule has 8 unspecified atom stereocenters. The number of rotatable bonds is 6. The summed E-state index contributed by atoms with van der Waals surface area (Å²) in [5, 5.41) is 53.4. The molecule has 5 N–H and O–H groups in total. The van der Waals surface area contributed by atoms with Crippen molar-refractivity contribution < 1.29 is 53.7 Å². The third-order valence-electron chi connectivity index (χ3n) is 16.0. The van der Waals surface area contributed by atoms with E-state index in [-0.39, 0.29) is 66.3 Å². The molecule has 3 aromatic rings. The SMILES string of the molecule is COc1cc2c3c(c4c(O)c2c2c1C=CC(C1=C5[CH+]C(CNC6CCCCC6)=CC=C5N=C1)OCC1OC(O2)C(O)(CO)C(OC#CCc2cccc5c2CN(CC4=O)C5=O)C1O)C1CCCC1C=C3. The van der Waals surface area contributed by atoms with Crippen LogP contribution < -0.4 is 14.8 Å². The average Bonchev–Trinajstić information content (AvgIpc) is 4.11. The van der Waals surface area contributed by atoms with Gasteiger partial charge in [0.15, 0.2) is 23.2 Å². The van der Waals surface area contributed by atoms with Gasteiger partial charge in [-0.3, -0.25) is 9.59 Å². The van der Waals surface area contributed by atoms with Gasteiger partial charge < -0.3 is 54.3 Å². The van der Waals surface area contributed by atoms with E-state index in [9.17, 15) is 25.2 Å². The number of benzene rings is 3. The molecule has 5 aliphatic heterocycles. The largest absolute Gasteiger partial charge is 0.506 e. The Morgan fingerprint density at radius 3 is 2.74 bits per heavy atom. The summed E-state index contributed by atoms with van der Waals surface area (Å²) in [5.74, 6) is 2.25. The molecule has 12 rings (SSSR count). The van der Waals surface area contributed by atoms with Crippen molar-refractivity contribution in [2.45, 2.75) is 113 Å². The second-order valence-corrected chi connectivity index (χ2v) is 20.0. The van der Waals surface area contributed by atoms with Gasteiger partial charge >= 0.3 is 0 Å². The molecule has 0 spiro atoms. The van der Waals surface area contributed by atoms with Crippen LogP contribution >= 0.6 is 0 Å². The van der Waals surface area contributed by atoms with E-state index < -0.39 is 48.7 Å². The Labute approximate surface area is 406 Å². The zero-order valence-corrected chi connectivity index (χ0v) is 39.0. The summed E-state index contributed by atoms with van der Waals surface area (Å²) in [5.41, 5.74) is 4.75. The van der Waals surface area contributed by atoms with Crippen LogP contribution in [0.3, 0.4) is 0 Å². The van der Waals surface area contributed by atoms with E-state index >= 15 is 4.79 Å². The lowest BCUT2D eigenvalue weighted by atomic mass is 9.75. The van der Waals surface area contributed by atoms with Crippen LogP contribution in [0.15, 0.2) is 76.0 Å².